The van der Waals surface area contributed by atoms with E-state index in [4.69, 9.17) is 5.11 Å². The van der Waals surface area contributed by atoms with Gasteiger partial charge in [-0.2, -0.15) is 11.8 Å². The van der Waals surface area contributed by atoms with Gasteiger partial charge in [0.15, 0.2) is 5.69 Å². The first-order valence-corrected chi connectivity index (χ1v) is 6.84. The summed E-state index contributed by atoms with van der Waals surface area (Å²) in [6.45, 7) is 2.52. The Morgan fingerprint density at radius 1 is 1.47 bits per heavy atom. The fourth-order valence-electron chi connectivity index (χ4n) is 1.33. The Morgan fingerprint density at radius 2 is 2.24 bits per heavy atom. The Balaban J connectivity index is 2.50. The molecule has 0 spiro atoms. The van der Waals surface area contributed by atoms with Gasteiger partial charge in [-0.3, -0.25) is 0 Å². The third-order valence-corrected chi connectivity index (χ3v) is 2.83. The summed E-state index contributed by atoms with van der Waals surface area (Å²) in [6.07, 6.45) is 4.24. The van der Waals surface area contributed by atoms with Crippen molar-refractivity contribution in [3.05, 3.63) is 17.5 Å². The molecule has 1 aromatic heterocycles. The minimum atomic E-state index is -1.03. The van der Waals surface area contributed by atoms with Gasteiger partial charge in [0.2, 0.25) is 5.95 Å². The molecule has 0 aliphatic carbocycles. The number of nitrogens with one attached hydrogen (secondary N) is 1. The molecule has 0 atom stereocenters. The van der Waals surface area contributed by atoms with Crippen LogP contribution in [0.5, 0.6) is 0 Å². The predicted molar refractivity (Wildman–Crippen MR) is 69.8 cm³/mol. The van der Waals surface area contributed by atoms with Crippen LogP contribution in [0.3, 0.4) is 0 Å². The zero-order chi connectivity index (χ0) is 12.7. The van der Waals surface area contributed by atoms with Gasteiger partial charge >= 0.3 is 5.97 Å². The van der Waals surface area contributed by atoms with Crippen molar-refractivity contribution < 1.29 is 9.90 Å². The van der Waals surface area contributed by atoms with Gasteiger partial charge in [0.1, 0.15) is 0 Å². The van der Waals surface area contributed by atoms with E-state index in [1.807, 2.05) is 11.8 Å². The van der Waals surface area contributed by atoms with Gasteiger partial charge < -0.3 is 10.4 Å². The van der Waals surface area contributed by atoms with E-state index < -0.39 is 5.97 Å². The van der Waals surface area contributed by atoms with Crippen molar-refractivity contribution in [1.29, 1.82) is 0 Å². The fourth-order valence-corrected chi connectivity index (χ4v) is 1.82. The number of carbonyl (C=O) groups is 1. The standard InChI is InChI=1S/C11H17N3O2S/c1-8-7-9(10(15)16)14-11(13-8)12-5-3-4-6-17-2/h7H,3-6H2,1-2H3,(H,15,16)(H,12,13,14). The van der Waals surface area contributed by atoms with E-state index in [2.05, 4.69) is 21.5 Å². The van der Waals surface area contributed by atoms with Gasteiger partial charge in [0, 0.05) is 12.2 Å². The smallest absolute Gasteiger partial charge is 0.354 e. The molecular weight excluding hydrogens is 238 g/mol. The highest BCUT2D eigenvalue weighted by Gasteiger charge is 2.07. The van der Waals surface area contributed by atoms with Crippen LogP contribution in [-0.2, 0) is 0 Å². The zero-order valence-corrected chi connectivity index (χ0v) is 10.9. The monoisotopic (exact) mass is 255 g/mol. The molecule has 0 unspecified atom stereocenters. The van der Waals surface area contributed by atoms with Gasteiger partial charge in [-0.15, -0.1) is 0 Å². The van der Waals surface area contributed by atoms with Crippen molar-refractivity contribution in [1.82, 2.24) is 9.97 Å². The SMILES string of the molecule is CSCCCCNc1nc(C)cc(C(=O)O)n1. The number of aromatic nitrogens is 2. The highest BCUT2D eigenvalue weighted by atomic mass is 32.2. The van der Waals surface area contributed by atoms with Gasteiger partial charge in [-0.1, -0.05) is 0 Å². The van der Waals surface area contributed by atoms with Crippen LogP contribution in [0.15, 0.2) is 6.07 Å². The maximum atomic E-state index is 10.8. The number of hydrogen-bond donors (Lipinski definition) is 2. The second-order valence-corrected chi connectivity index (χ2v) is 4.64. The summed E-state index contributed by atoms with van der Waals surface area (Å²) in [6, 6.07) is 1.46. The highest BCUT2D eigenvalue weighted by molar-refractivity contribution is 7.98. The third kappa shape index (κ3) is 5.04. The van der Waals surface area contributed by atoms with Gasteiger partial charge in [-0.05, 0) is 37.8 Å². The van der Waals surface area contributed by atoms with Gasteiger partial charge in [0.05, 0.1) is 0 Å². The number of thioether (sulfide) groups is 1. The van der Waals surface area contributed by atoms with Crippen LogP contribution in [0.2, 0.25) is 0 Å². The van der Waals surface area contributed by atoms with E-state index in [9.17, 15) is 4.79 Å². The minimum absolute atomic E-state index is 0.0316. The number of carboxylic acids is 1. The summed E-state index contributed by atoms with van der Waals surface area (Å²) >= 11 is 1.82. The number of aryl methyl sites for hydroxylation is 1. The summed E-state index contributed by atoms with van der Waals surface area (Å²) in [5.74, 6) is 0.504. The van der Waals surface area contributed by atoms with Crippen molar-refractivity contribution in [2.24, 2.45) is 0 Å². The Hall–Kier alpha value is -1.30. The molecule has 1 rings (SSSR count). The normalized spacial score (nSPS) is 10.2. The van der Waals surface area contributed by atoms with E-state index in [0.717, 1.165) is 25.1 Å². The van der Waals surface area contributed by atoms with E-state index >= 15 is 0 Å². The van der Waals surface area contributed by atoms with E-state index in [1.54, 1.807) is 6.92 Å². The molecule has 94 valence electrons. The average molecular weight is 255 g/mol. The molecule has 0 bridgehead atoms. The molecule has 6 heteroatoms. The van der Waals surface area contributed by atoms with Crippen LogP contribution >= 0.6 is 11.8 Å². The van der Waals surface area contributed by atoms with Crippen molar-refractivity contribution in [3.63, 3.8) is 0 Å². The largest absolute Gasteiger partial charge is 0.477 e. The lowest BCUT2D eigenvalue weighted by molar-refractivity contribution is 0.0690. The van der Waals surface area contributed by atoms with Gasteiger partial charge in [0.25, 0.3) is 0 Å². The molecule has 0 saturated carbocycles. The number of hydrogen-bond acceptors (Lipinski definition) is 5. The number of carboxylic acid groups (broad SMARTS) is 1. The van der Waals surface area contributed by atoms with Crippen LogP contribution < -0.4 is 5.32 Å². The Bertz CT molecular complexity index is 385. The maximum absolute atomic E-state index is 10.8. The van der Waals surface area contributed by atoms with Crippen LogP contribution in [-0.4, -0.2) is 39.6 Å². The molecule has 0 fully saturated rings. The molecular formula is C11H17N3O2S. The summed E-state index contributed by atoms with van der Waals surface area (Å²) < 4.78 is 0. The Morgan fingerprint density at radius 3 is 2.88 bits per heavy atom. The molecule has 0 aliphatic heterocycles. The van der Waals surface area contributed by atoms with Crippen molar-refractivity contribution in [2.75, 3.05) is 23.9 Å². The number of aromatic carboxylic acids is 1. The quantitative estimate of drug-likeness (QED) is 0.726. The minimum Gasteiger partial charge on any atom is -0.477 e. The van der Waals surface area contributed by atoms with Crippen molar-refractivity contribution in [3.8, 4) is 0 Å². The molecule has 1 aromatic rings. The second kappa shape index (κ2) is 7.11. The van der Waals surface area contributed by atoms with Crippen molar-refractivity contribution in [2.45, 2.75) is 19.8 Å². The summed E-state index contributed by atoms with van der Waals surface area (Å²) in [5.41, 5.74) is 0.688. The topological polar surface area (TPSA) is 75.1 Å². The van der Waals surface area contributed by atoms with Crippen LogP contribution in [0.4, 0.5) is 5.95 Å². The van der Waals surface area contributed by atoms with E-state index in [1.165, 1.54) is 6.07 Å². The molecule has 0 amide bonds. The predicted octanol–water partition coefficient (Wildman–Crippen LogP) is 2.04. The molecule has 5 nitrogen and oxygen atoms in total. The molecule has 0 aromatic carbocycles. The van der Waals surface area contributed by atoms with Crippen LogP contribution in [0.25, 0.3) is 0 Å². The number of anilines is 1. The average Bonchev–Trinajstić information content (AvgIpc) is 2.28. The molecule has 0 radical (unpaired) electrons. The zero-order valence-electron chi connectivity index (χ0n) is 10.1. The molecule has 1 heterocycles. The Labute approximate surface area is 105 Å². The molecule has 17 heavy (non-hydrogen) atoms. The molecule has 0 aliphatic rings. The summed E-state index contributed by atoms with van der Waals surface area (Å²) in [5, 5.41) is 11.9. The lowest BCUT2D eigenvalue weighted by Gasteiger charge is -2.06. The Kier molecular flexibility index (Phi) is 5.76. The molecule has 2 N–H and O–H groups in total. The number of rotatable bonds is 7. The highest BCUT2D eigenvalue weighted by Crippen LogP contribution is 2.06. The summed E-state index contributed by atoms with van der Waals surface area (Å²) in [4.78, 5) is 18.9. The van der Waals surface area contributed by atoms with Gasteiger partial charge in [-0.25, -0.2) is 14.8 Å². The number of unbranched alkanes of at least 4 members (excludes halogenated alkanes) is 1. The van der Waals surface area contributed by atoms with Crippen LogP contribution in [0.1, 0.15) is 29.0 Å². The second-order valence-electron chi connectivity index (χ2n) is 3.65. The summed E-state index contributed by atoms with van der Waals surface area (Å²) in [7, 11) is 0. The third-order valence-electron chi connectivity index (χ3n) is 2.13. The first kappa shape index (κ1) is 13.8. The maximum Gasteiger partial charge on any atom is 0.354 e. The lowest BCUT2D eigenvalue weighted by atomic mass is 10.3. The van der Waals surface area contributed by atoms with Crippen LogP contribution in [0, 0.1) is 6.92 Å². The fraction of sp³-hybridized carbons (Fsp3) is 0.545. The lowest BCUT2D eigenvalue weighted by Crippen LogP contribution is -2.10. The van der Waals surface area contributed by atoms with Crippen molar-refractivity contribution >= 4 is 23.7 Å². The van der Waals surface area contributed by atoms with E-state index in [0.29, 0.717) is 11.6 Å². The number of nitrogens with zero attached hydrogens (tertiary/aromatic N) is 2. The van der Waals surface area contributed by atoms with E-state index in [-0.39, 0.29) is 5.69 Å². The first-order chi connectivity index (χ1) is 8.13. The molecule has 0 saturated heterocycles. The first-order valence-electron chi connectivity index (χ1n) is 5.45.